The summed E-state index contributed by atoms with van der Waals surface area (Å²) in [7, 11) is -7.11. The first-order valence-corrected chi connectivity index (χ1v) is 12.0. The molecule has 0 aliphatic carbocycles. The van der Waals surface area contributed by atoms with Crippen LogP contribution in [0.25, 0.3) is 11.3 Å². The number of rotatable bonds is 6. The van der Waals surface area contributed by atoms with E-state index in [1.807, 2.05) is 19.9 Å². The SMILES string of the molecule is CCS(=O)(=O)c1ccc(-c2ccc(NS(=O)(=O)c3cc(C)cc(C)c3)cc2)nn1. The highest BCUT2D eigenvalue weighted by atomic mass is 32.2. The van der Waals surface area contributed by atoms with Gasteiger partial charge >= 0.3 is 0 Å². The van der Waals surface area contributed by atoms with Crippen molar-refractivity contribution in [2.24, 2.45) is 0 Å². The molecule has 1 heterocycles. The monoisotopic (exact) mass is 431 g/mol. The number of sulfone groups is 1. The molecule has 1 aromatic heterocycles. The highest BCUT2D eigenvalue weighted by Gasteiger charge is 2.16. The van der Waals surface area contributed by atoms with Crippen molar-refractivity contribution in [3.05, 3.63) is 65.7 Å². The highest BCUT2D eigenvalue weighted by molar-refractivity contribution is 7.92. The molecule has 0 fully saturated rings. The lowest BCUT2D eigenvalue weighted by molar-refractivity contribution is 0.591. The van der Waals surface area contributed by atoms with Crippen LogP contribution >= 0.6 is 0 Å². The maximum absolute atomic E-state index is 12.6. The largest absolute Gasteiger partial charge is 0.280 e. The summed E-state index contributed by atoms with van der Waals surface area (Å²) >= 11 is 0. The molecule has 9 heteroatoms. The Hall–Kier alpha value is -2.78. The van der Waals surface area contributed by atoms with Gasteiger partial charge in [-0.15, -0.1) is 10.2 Å². The van der Waals surface area contributed by atoms with Crippen LogP contribution in [-0.2, 0) is 19.9 Å². The molecule has 0 aliphatic rings. The van der Waals surface area contributed by atoms with Gasteiger partial charge in [0.25, 0.3) is 10.0 Å². The van der Waals surface area contributed by atoms with E-state index in [4.69, 9.17) is 0 Å². The van der Waals surface area contributed by atoms with Crippen LogP contribution in [0.1, 0.15) is 18.1 Å². The molecule has 0 radical (unpaired) electrons. The Bertz CT molecular complexity index is 1220. The first kappa shape index (κ1) is 20.9. The molecule has 3 rings (SSSR count). The second-order valence-corrected chi connectivity index (χ2v) is 10.6. The maximum atomic E-state index is 12.6. The van der Waals surface area contributed by atoms with Gasteiger partial charge in [-0.2, -0.15) is 0 Å². The Morgan fingerprint density at radius 1 is 0.828 bits per heavy atom. The predicted octanol–water partition coefficient (Wildman–Crippen LogP) is 3.35. The molecule has 3 aromatic rings. The number of sulfonamides is 1. The van der Waals surface area contributed by atoms with Gasteiger partial charge in [-0.05, 0) is 61.4 Å². The van der Waals surface area contributed by atoms with Gasteiger partial charge in [0.15, 0.2) is 14.9 Å². The van der Waals surface area contributed by atoms with Crippen molar-refractivity contribution in [2.45, 2.75) is 30.7 Å². The van der Waals surface area contributed by atoms with E-state index in [2.05, 4.69) is 14.9 Å². The molecule has 29 heavy (non-hydrogen) atoms. The average Bonchev–Trinajstić information content (AvgIpc) is 2.68. The Morgan fingerprint density at radius 3 is 1.97 bits per heavy atom. The number of nitrogens with one attached hydrogen (secondary N) is 1. The summed E-state index contributed by atoms with van der Waals surface area (Å²) in [5.41, 5.74) is 3.32. The molecule has 0 aliphatic heterocycles. The predicted molar refractivity (Wildman–Crippen MR) is 112 cm³/mol. The minimum absolute atomic E-state index is 0.0453. The molecule has 0 unspecified atom stereocenters. The van der Waals surface area contributed by atoms with E-state index >= 15 is 0 Å². The van der Waals surface area contributed by atoms with Crippen LogP contribution < -0.4 is 4.72 Å². The van der Waals surface area contributed by atoms with Gasteiger partial charge in [0.05, 0.1) is 16.3 Å². The molecule has 0 saturated carbocycles. The minimum Gasteiger partial charge on any atom is -0.280 e. The summed E-state index contributed by atoms with van der Waals surface area (Å²) in [6, 6.07) is 14.8. The molecule has 0 atom stereocenters. The Labute approximate surface area is 170 Å². The second kappa shape index (κ2) is 7.92. The standard InChI is InChI=1S/C20H21N3O4S2/c1-4-28(24,25)20-10-9-19(21-22-20)16-5-7-17(8-6-16)23-29(26,27)18-12-14(2)11-15(3)13-18/h5-13,23H,4H2,1-3H3. The number of hydrogen-bond donors (Lipinski definition) is 1. The van der Waals surface area contributed by atoms with Crippen molar-refractivity contribution in [1.29, 1.82) is 0 Å². The molecule has 152 valence electrons. The van der Waals surface area contributed by atoms with Gasteiger partial charge in [0.1, 0.15) is 0 Å². The summed E-state index contributed by atoms with van der Waals surface area (Å²) < 4.78 is 51.5. The van der Waals surface area contributed by atoms with Crippen LogP contribution in [0.2, 0.25) is 0 Å². The molecular weight excluding hydrogens is 410 g/mol. The third kappa shape index (κ3) is 4.80. The summed E-state index contributed by atoms with van der Waals surface area (Å²) in [5, 5.41) is 7.68. The lowest BCUT2D eigenvalue weighted by atomic mass is 10.1. The normalized spacial score (nSPS) is 12.0. The lowest BCUT2D eigenvalue weighted by Crippen LogP contribution is -2.13. The smallest absolute Gasteiger partial charge is 0.261 e. The number of aryl methyl sites for hydroxylation is 2. The Kier molecular flexibility index (Phi) is 5.72. The quantitative estimate of drug-likeness (QED) is 0.641. The van der Waals surface area contributed by atoms with E-state index in [9.17, 15) is 16.8 Å². The van der Waals surface area contributed by atoms with Crippen LogP contribution in [0.5, 0.6) is 0 Å². The molecule has 0 spiro atoms. The van der Waals surface area contributed by atoms with Gasteiger partial charge in [0.2, 0.25) is 0 Å². The summed E-state index contributed by atoms with van der Waals surface area (Å²) in [4.78, 5) is 0.206. The van der Waals surface area contributed by atoms with E-state index in [0.29, 0.717) is 16.9 Å². The molecule has 1 N–H and O–H groups in total. The van der Waals surface area contributed by atoms with Crippen LogP contribution in [0.3, 0.4) is 0 Å². The summed E-state index contributed by atoms with van der Waals surface area (Å²) in [6.45, 7) is 5.24. The average molecular weight is 432 g/mol. The van der Waals surface area contributed by atoms with Crippen molar-refractivity contribution in [1.82, 2.24) is 10.2 Å². The zero-order chi connectivity index (χ0) is 21.2. The molecular formula is C20H21N3O4S2. The highest BCUT2D eigenvalue weighted by Crippen LogP contribution is 2.23. The first-order valence-electron chi connectivity index (χ1n) is 8.89. The Morgan fingerprint density at radius 2 is 1.45 bits per heavy atom. The number of nitrogens with zero attached hydrogens (tertiary/aromatic N) is 2. The van der Waals surface area contributed by atoms with E-state index in [1.54, 1.807) is 49.4 Å². The summed E-state index contributed by atoms with van der Waals surface area (Å²) in [5.74, 6) is -0.0453. The van der Waals surface area contributed by atoms with E-state index < -0.39 is 19.9 Å². The number of benzene rings is 2. The fourth-order valence-electron chi connectivity index (χ4n) is 2.80. The molecule has 0 amide bonds. The van der Waals surface area contributed by atoms with Crippen molar-refractivity contribution in [3.63, 3.8) is 0 Å². The van der Waals surface area contributed by atoms with Gasteiger partial charge in [-0.25, -0.2) is 16.8 Å². The zero-order valence-corrected chi connectivity index (χ0v) is 17.9. The van der Waals surface area contributed by atoms with Gasteiger partial charge in [-0.3, -0.25) is 4.72 Å². The van der Waals surface area contributed by atoms with Crippen molar-refractivity contribution in [3.8, 4) is 11.3 Å². The van der Waals surface area contributed by atoms with Crippen LogP contribution in [-0.4, -0.2) is 32.8 Å². The van der Waals surface area contributed by atoms with E-state index in [0.717, 1.165) is 11.1 Å². The zero-order valence-electron chi connectivity index (χ0n) is 16.2. The van der Waals surface area contributed by atoms with Crippen LogP contribution in [0.4, 0.5) is 5.69 Å². The van der Waals surface area contributed by atoms with E-state index in [-0.39, 0.29) is 15.7 Å². The van der Waals surface area contributed by atoms with Gasteiger partial charge < -0.3 is 0 Å². The van der Waals surface area contributed by atoms with Crippen molar-refractivity contribution >= 4 is 25.5 Å². The fourth-order valence-corrected chi connectivity index (χ4v) is 4.78. The van der Waals surface area contributed by atoms with Crippen LogP contribution in [0, 0.1) is 13.8 Å². The van der Waals surface area contributed by atoms with Gasteiger partial charge in [0, 0.05) is 11.3 Å². The van der Waals surface area contributed by atoms with Crippen molar-refractivity contribution in [2.75, 3.05) is 10.5 Å². The molecule has 7 nitrogen and oxygen atoms in total. The third-order valence-corrected chi connectivity index (χ3v) is 7.25. The van der Waals surface area contributed by atoms with E-state index in [1.165, 1.54) is 6.07 Å². The van der Waals surface area contributed by atoms with Gasteiger partial charge in [-0.1, -0.05) is 25.1 Å². The molecule has 0 saturated heterocycles. The van der Waals surface area contributed by atoms with Crippen molar-refractivity contribution < 1.29 is 16.8 Å². The first-order chi connectivity index (χ1) is 13.6. The number of aromatic nitrogens is 2. The topological polar surface area (TPSA) is 106 Å². The number of hydrogen-bond acceptors (Lipinski definition) is 6. The fraction of sp³-hybridized carbons (Fsp3) is 0.200. The minimum atomic E-state index is -3.71. The maximum Gasteiger partial charge on any atom is 0.261 e. The summed E-state index contributed by atoms with van der Waals surface area (Å²) in [6.07, 6.45) is 0. The molecule has 0 bridgehead atoms. The second-order valence-electron chi connectivity index (χ2n) is 6.67. The Balaban J connectivity index is 1.81. The molecule has 2 aromatic carbocycles. The number of anilines is 1. The lowest BCUT2D eigenvalue weighted by Gasteiger charge is -2.10. The third-order valence-electron chi connectivity index (χ3n) is 4.28. The van der Waals surface area contributed by atoms with Crippen LogP contribution in [0.15, 0.2) is 64.5 Å².